The van der Waals surface area contributed by atoms with E-state index in [1.54, 1.807) is 6.21 Å². The van der Waals surface area contributed by atoms with E-state index in [1.807, 2.05) is 20.8 Å². The predicted octanol–water partition coefficient (Wildman–Crippen LogP) is 2.08. The summed E-state index contributed by atoms with van der Waals surface area (Å²) in [5, 5.41) is 9.60. The molecule has 66 valence electrons. The summed E-state index contributed by atoms with van der Waals surface area (Å²) in [6, 6.07) is 0. The topological polar surface area (TPSA) is 48.2 Å². The van der Waals surface area contributed by atoms with Gasteiger partial charge in [0.1, 0.15) is 5.82 Å². The van der Waals surface area contributed by atoms with Crippen LogP contribution in [-0.4, -0.2) is 12.6 Å². The molecule has 3 heteroatoms. The zero-order valence-electron chi connectivity index (χ0n) is 7.81. The lowest BCUT2D eigenvalue weighted by Gasteiger charge is -2.05. The van der Waals surface area contributed by atoms with Crippen LogP contribution in [0, 0.1) is 5.41 Å². The van der Waals surface area contributed by atoms with Gasteiger partial charge in [0, 0.05) is 6.21 Å². The maximum Gasteiger partial charge on any atom is 0.133 e. The molecule has 0 fully saturated rings. The van der Waals surface area contributed by atoms with Crippen LogP contribution in [0.2, 0.25) is 0 Å². The van der Waals surface area contributed by atoms with Gasteiger partial charge in [-0.3, -0.25) is 5.41 Å². The summed E-state index contributed by atoms with van der Waals surface area (Å²) in [5.41, 5.74) is 1.92. The van der Waals surface area contributed by atoms with E-state index in [1.165, 1.54) is 0 Å². The first kappa shape index (κ1) is 10.6. The molecule has 0 rings (SSSR count). The van der Waals surface area contributed by atoms with Gasteiger partial charge in [-0.25, -0.2) is 4.99 Å². The van der Waals surface area contributed by atoms with Crippen LogP contribution >= 0.6 is 0 Å². The summed E-state index contributed by atoms with van der Waals surface area (Å²) < 4.78 is 0. The van der Waals surface area contributed by atoms with Gasteiger partial charge in [0.15, 0.2) is 0 Å². The fourth-order valence-corrected chi connectivity index (χ4v) is 0.642. The summed E-state index contributed by atoms with van der Waals surface area (Å²) in [6.07, 6.45) is 2.78. The molecule has 0 aromatic rings. The molecule has 3 nitrogen and oxygen atoms in total. The van der Waals surface area contributed by atoms with Crippen molar-refractivity contribution in [1.29, 1.82) is 5.41 Å². The minimum absolute atomic E-state index is 0.681. The third-order valence-corrected chi connectivity index (χ3v) is 1.46. The predicted molar refractivity (Wildman–Crippen MR) is 53.6 cm³/mol. The number of hydrogen-bond donors (Lipinski definition) is 2. The van der Waals surface area contributed by atoms with E-state index in [9.17, 15) is 0 Å². The highest BCUT2D eigenvalue weighted by Crippen LogP contribution is 2.09. The molecule has 0 aliphatic heterocycles. The molecule has 0 saturated carbocycles. The van der Waals surface area contributed by atoms with Crippen LogP contribution in [-0.2, 0) is 0 Å². The normalized spacial score (nSPS) is 12.6. The summed E-state index contributed by atoms with van der Waals surface area (Å²) >= 11 is 0. The van der Waals surface area contributed by atoms with Crippen LogP contribution in [0.1, 0.15) is 20.8 Å². The Morgan fingerprint density at radius 2 is 2.08 bits per heavy atom. The Kier molecular flexibility index (Phi) is 4.69. The second kappa shape index (κ2) is 5.29. The van der Waals surface area contributed by atoms with Gasteiger partial charge >= 0.3 is 0 Å². The van der Waals surface area contributed by atoms with Crippen LogP contribution in [0.15, 0.2) is 28.5 Å². The van der Waals surface area contributed by atoms with Gasteiger partial charge in [-0.15, -0.1) is 0 Å². The summed E-state index contributed by atoms with van der Waals surface area (Å²) in [7, 11) is 0. The molecule has 0 amide bonds. The fourth-order valence-electron chi connectivity index (χ4n) is 0.642. The maximum atomic E-state index is 6.87. The molecule has 0 spiro atoms. The SMILES string of the molecule is C=C(C)/C(C)=C(\N=CC)NC=N. The Balaban J connectivity index is 4.78. The van der Waals surface area contributed by atoms with Gasteiger partial charge in [-0.05, 0) is 26.3 Å². The van der Waals surface area contributed by atoms with Crippen molar-refractivity contribution in [2.24, 2.45) is 4.99 Å². The second-order valence-corrected chi connectivity index (χ2v) is 2.43. The Labute approximate surface area is 73.4 Å². The first-order valence-electron chi connectivity index (χ1n) is 3.74. The second-order valence-electron chi connectivity index (χ2n) is 2.43. The van der Waals surface area contributed by atoms with E-state index < -0.39 is 0 Å². The summed E-state index contributed by atoms with van der Waals surface area (Å²) in [4.78, 5) is 4.07. The van der Waals surface area contributed by atoms with E-state index in [0.29, 0.717) is 5.82 Å². The molecule has 0 heterocycles. The zero-order chi connectivity index (χ0) is 9.56. The Morgan fingerprint density at radius 1 is 1.50 bits per heavy atom. The molecule has 12 heavy (non-hydrogen) atoms. The minimum atomic E-state index is 0.681. The Morgan fingerprint density at radius 3 is 2.42 bits per heavy atom. The Hall–Kier alpha value is -1.38. The van der Waals surface area contributed by atoms with Crippen molar-refractivity contribution < 1.29 is 0 Å². The van der Waals surface area contributed by atoms with E-state index in [-0.39, 0.29) is 0 Å². The van der Waals surface area contributed by atoms with Crippen molar-refractivity contribution in [2.75, 3.05) is 0 Å². The van der Waals surface area contributed by atoms with E-state index in [2.05, 4.69) is 16.9 Å². The summed E-state index contributed by atoms with van der Waals surface area (Å²) in [5.74, 6) is 0.681. The van der Waals surface area contributed by atoms with E-state index in [0.717, 1.165) is 17.5 Å². The molecule has 0 unspecified atom stereocenters. The average Bonchev–Trinajstić information content (AvgIpc) is 2.03. The standard InChI is InChI=1S/C9H15N3/c1-5-11-9(12-6-10)8(4)7(2)3/h5-6H,2H2,1,3-4H3,(H2,10,12)/b9-8+,11-5?. The highest BCUT2D eigenvalue weighted by molar-refractivity contribution is 5.60. The first-order chi connectivity index (χ1) is 5.63. The zero-order valence-corrected chi connectivity index (χ0v) is 7.81. The number of allylic oxidation sites excluding steroid dienone is 2. The molecule has 0 radical (unpaired) electrons. The quantitative estimate of drug-likeness (QED) is 0.374. The molecule has 0 atom stereocenters. The van der Waals surface area contributed by atoms with Crippen LogP contribution < -0.4 is 5.32 Å². The maximum absolute atomic E-state index is 6.87. The molecule has 2 N–H and O–H groups in total. The van der Waals surface area contributed by atoms with Crippen LogP contribution in [0.25, 0.3) is 0 Å². The van der Waals surface area contributed by atoms with Crippen molar-refractivity contribution in [3.8, 4) is 0 Å². The van der Waals surface area contributed by atoms with Crippen molar-refractivity contribution in [1.82, 2.24) is 5.32 Å². The molecule has 0 bridgehead atoms. The van der Waals surface area contributed by atoms with Gasteiger partial charge in [-0.2, -0.15) is 0 Å². The lowest BCUT2D eigenvalue weighted by Crippen LogP contribution is -2.10. The van der Waals surface area contributed by atoms with Crippen molar-refractivity contribution in [2.45, 2.75) is 20.8 Å². The third kappa shape index (κ3) is 3.14. The molecule has 0 aromatic heterocycles. The molecule has 0 aromatic carbocycles. The van der Waals surface area contributed by atoms with Gasteiger partial charge in [0.2, 0.25) is 0 Å². The highest BCUT2D eigenvalue weighted by Gasteiger charge is 1.98. The number of nitrogens with one attached hydrogen (secondary N) is 2. The number of aliphatic imine (C=N–C) groups is 1. The molecular formula is C9H15N3. The molecule has 0 saturated heterocycles. The van der Waals surface area contributed by atoms with Gasteiger partial charge in [-0.1, -0.05) is 12.2 Å². The fraction of sp³-hybridized carbons (Fsp3) is 0.333. The lowest BCUT2D eigenvalue weighted by molar-refractivity contribution is 1.05. The molecule has 0 aliphatic carbocycles. The summed E-state index contributed by atoms with van der Waals surface area (Å²) in [6.45, 7) is 9.45. The van der Waals surface area contributed by atoms with E-state index in [4.69, 9.17) is 5.41 Å². The molecular weight excluding hydrogens is 150 g/mol. The highest BCUT2D eigenvalue weighted by atomic mass is 15.0. The minimum Gasteiger partial charge on any atom is -0.331 e. The van der Waals surface area contributed by atoms with Crippen LogP contribution in [0.3, 0.4) is 0 Å². The van der Waals surface area contributed by atoms with Crippen molar-refractivity contribution in [3.63, 3.8) is 0 Å². The van der Waals surface area contributed by atoms with Crippen molar-refractivity contribution in [3.05, 3.63) is 23.5 Å². The third-order valence-electron chi connectivity index (χ3n) is 1.46. The van der Waals surface area contributed by atoms with Crippen LogP contribution in [0.4, 0.5) is 0 Å². The number of hydrogen-bond acceptors (Lipinski definition) is 2. The van der Waals surface area contributed by atoms with Crippen LogP contribution in [0.5, 0.6) is 0 Å². The smallest absolute Gasteiger partial charge is 0.133 e. The Bertz CT molecular complexity index is 236. The number of rotatable bonds is 4. The first-order valence-corrected chi connectivity index (χ1v) is 3.74. The molecule has 0 aliphatic rings. The van der Waals surface area contributed by atoms with Gasteiger partial charge < -0.3 is 5.32 Å². The monoisotopic (exact) mass is 165 g/mol. The van der Waals surface area contributed by atoms with Crippen molar-refractivity contribution >= 4 is 12.6 Å². The van der Waals surface area contributed by atoms with E-state index >= 15 is 0 Å². The lowest BCUT2D eigenvalue weighted by atomic mass is 10.1. The average molecular weight is 165 g/mol. The largest absolute Gasteiger partial charge is 0.331 e. The number of nitrogens with zero attached hydrogens (tertiary/aromatic N) is 1. The van der Waals surface area contributed by atoms with Gasteiger partial charge in [0.25, 0.3) is 0 Å². The van der Waals surface area contributed by atoms with Gasteiger partial charge in [0.05, 0.1) is 6.34 Å².